The van der Waals surface area contributed by atoms with Gasteiger partial charge in [0.15, 0.2) is 0 Å². The number of amides is 1. The van der Waals surface area contributed by atoms with E-state index in [0.29, 0.717) is 5.91 Å². The van der Waals surface area contributed by atoms with Crippen LogP contribution in [0.15, 0.2) is 24.3 Å². The minimum absolute atomic E-state index is 0. The van der Waals surface area contributed by atoms with Crippen molar-refractivity contribution in [3.63, 3.8) is 0 Å². The zero-order valence-corrected chi connectivity index (χ0v) is 14.3. The number of hydrogen-bond donors (Lipinski definition) is 1. The summed E-state index contributed by atoms with van der Waals surface area (Å²) in [4.78, 5) is 14.9. The van der Waals surface area contributed by atoms with Gasteiger partial charge in [-0.3, -0.25) is 4.79 Å². The van der Waals surface area contributed by atoms with E-state index in [0.717, 1.165) is 55.7 Å². The molecule has 122 valence electrons. The number of carbonyl (C=O) groups is 1. The number of nitrogens with zero attached hydrogens (tertiary/aromatic N) is 1. The van der Waals surface area contributed by atoms with Gasteiger partial charge in [-0.15, -0.1) is 12.4 Å². The number of likely N-dealkylation sites (tertiary alicyclic amines) is 1. The van der Waals surface area contributed by atoms with Crippen molar-refractivity contribution < 1.29 is 4.79 Å². The first-order valence-corrected chi connectivity index (χ1v) is 8.34. The van der Waals surface area contributed by atoms with Crippen molar-refractivity contribution in [2.45, 2.75) is 50.6 Å². The van der Waals surface area contributed by atoms with Crippen LogP contribution in [0.5, 0.6) is 0 Å². The fourth-order valence-corrected chi connectivity index (χ4v) is 3.98. The quantitative estimate of drug-likeness (QED) is 0.884. The summed E-state index contributed by atoms with van der Waals surface area (Å²) >= 11 is 6.10. The molecule has 1 saturated carbocycles. The van der Waals surface area contributed by atoms with E-state index in [1.807, 2.05) is 18.2 Å². The molecule has 3 unspecified atom stereocenters. The lowest BCUT2D eigenvalue weighted by Crippen LogP contribution is -2.40. The Balaban J connectivity index is 0.00000176. The SMILES string of the molecule is Cl.NC1CCCC(C(=O)N2CCCC2c2cccc(Cl)c2)C1. The third-order valence-corrected chi connectivity index (χ3v) is 5.07. The molecule has 2 N–H and O–H groups in total. The molecule has 1 amide bonds. The van der Waals surface area contributed by atoms with Gasteiger partial charge in [0.2, 0.25) is 5.91 Å². The molecule has 1 aliphatic heterocycles. The maximum absolute atomic E-state index is 12.9. The Morgan fingerprint density at radius 1 is 1.23 bits per heavy atom. The van der Waals surface area contributed by atoms with Crippen LogP contribution in [0.2, 0.25) is 5.02 Å². The van der Waals surface area contributed by atoms with E-state index in [1.165, 1.54) is 0 Å². The van der Waals surface area contributed by atoms with Crippen LogP contribution in [0.1, 0.15) is 50.1 Å². The second kappa shape index (κ2) is 7.67. The average Bonchev–Trinajstić information content (AvgIpc) is 2.96. The molecule has 1 aromatic carbocycles. The molecule has 0 radical (unpaired) electrons. The summed E-state index contributed by atoms with van der Waals surface area (Å²) in [6.45, 7) is 0.863. The van der Waals surface area contributed by atoms with Crippen LogP contribution in [-0.4, -0.2) is 23.4 Å². The Kier molecular flexibility index (Phi) is 6.13. The van der Waals surface area contributed by atoms with Gasteiger partial charge in [-0.05, 0) is 49.8 Å². The molecule has 1 saturated heterocycles. The molecular weight excluding hydrogens is 319 g/mol. The maximum Gasteiger partial charge on any atom is 0.226 e. The van der Waals surface area contributed by atoms with Crippen molar-refractivity contribution in [2.24, 2.45) is 11.7 Å². The summed E-state index contributed by atoms with van der Waals surface area (Å²) in [5.41, 5.74) is 7.20. The fourth-order valence-electron chi connectivity index (χ4n) is 3.78. The van der Waals surface area contributed by atoms with E-state index in [4.69, 9.17) is 17.3 Å². The summed E-state index contributed by atoms with van der Waals surface area (Å²) in [6, 6.07) is 8.30. The van der Waals surface area contributed by atoms with Gasteiger partial charge in [0.1, 0.15) is 0 Å². The molecular formula is C17H24Cl2N2O. The van der Waals surface area contributed by atoms with Crippen LogP contribution in [-0.2, 0) is 4.79 Å². The maximum atomic E-state index is 12.9. The summed E-state index contributed by atoms with van der Waals surface area (Å²) in [5, 5.41) is 0.742. The molecule has 1 aliphatic carbocycles. The fraction of sp³-hybridized carbons (Fsp3) is 0.588. The standard InChI is InChI=1S/C17H23ClN2O.ClH/c18-14-6-1-4-12(10-14)16-8-3-9-20(16)17(21)13-5-2-7-15(19)11-13;/h1,4,6,10,13,15-16H,2-3,5,7-9,11,19H2;1H. The number of hydrogen-bond acceptors (Lipinski definition) is 2. The van der Waals surface area contributed by atoms with Crippen LogP contribution in [0.3, 0.4) is 0 Å². The van der Waals surface area contributed by atoms with Gasteiger partial charge in [-0.2, -0.15) is 0 Å². The Morgan fingerprint density at radius 3 is 2.77 bits per heavy atom. The van der Waals surface area contributed by atoms with E-state index in [2.05, 4.69) is 11.0 Å². The third-order valence-electron chi connectivity index (χ3n) is 4.83. The molecule has 22 heavy (non-hydrogen) atoms. The topological polar surface area (TPSA) is 46.3 Å². The number of halogens is 2. The number of nitrogens with two attached hydrogens (primary N) is 1. The molecule has 2 fully saturated rings. The van der Waals surface area contributed by atoms with Gasteiger partial charge >= 0.3 is 0 Å². The molecule has 0 bridgehead atoms. The van der Waals surface area contributed by atoms with E-state index >= 15 is 0 Å². The van der Waals surface area contributed by atoms with Crippen molar-refractivity contribution >= 4 is 29.9 Å². The van der Waals surface area contributed by atoms with E-state index in [-0.39, 0.29) is 30.4 Å². The number of rotatable bonds is 2. The molecule has 1 heterocycles. The second-order valence-corrected chi connectivity index (χ2v) is 6.80. The second-order valence-electron chi connectivity index (χ2n) is 6.37. The van der Waals surface area contributed by atoms with Gasteiger partial charge < -0.3 is 10.6 Å². The predicted octanol–water partition coefficient (Wildman–Crippen LogP) is 3.94. The zero-order chi connectivity index (χ0) is 14.8. The van der Waals surface area contributed by atoms with Gasteiger partial charge in [0.25, 0.3) is 0 Å². The predicted molar refractivity (Wildman–Crippen MR) is 92.3 cm³/mol. The van der Waals surface area contributed by atoms with Gasteiger partial charge in [0.05, 0.1) is 6.04 Å². The first kappa shape index (κ1) is 17.6. The highest BCUT2D eigenvalue weighted by Gasteiger charge is 2.35. The molecule has 3 rings (SSSR count). The van der Waals surface area contributed by atoms with E-state index in [9.17, 15) is 4.79 Å². The van der Waals surface area contributed by atoms with Crippen LogP contribution in [0, 0.1) is 5.92 Å². The molecule has 3 atom stereocenters. The van der Waals surface area contributed by atoms with Crippen LogP contribution in [0.4, 0.5) is 0 Å². The smallest absolute Gasteiger partial charge is 0.226 e. The first-order chi connectivity index (χ1) is 10.1. The lowest BCUT2D eigenvalue weighted by atomic mass is 9.85. The highest BCUT2D eigenvalue weighted by molar-refractivity contribution is 6.30. The Labute approximate surface area is 143 Å². The van der Waals surface area contributed by atoms with Crippen molar-refractivity contribution in [1.29, 1.82) is 0 Å². The number of benzene rings is 1. The van der Waals surface area contributed by atoms with Crippen molar-refractivity contribution in [3.8, 4) is 0 Å². The summed E-state index contributed by atoms with van der Waals surface area (Å²) < 4.78 is 0. The molecule has 0 spiro atoms. The van der Waals surface area contributed by atoms with Crippen LogP contribution >= 0.6 is 24.0 Å². The molecule has 0 aromatic heterocycles. The molecule has 5 heteroatoms. The van der Waals surface area contributed by atoms with Gasteiger partial charge in [-0.25, -0.2) is 0 Å². The highest BCUT2D eigenvalue weighted by atomic mass is 35.5. The summed E-state index contributed by atoms with van der Waals surface area (Å²) in [6.07, 6.45) is 6.07. The van der Waals surface area contributed by atoms with Gasteiger partial charge in [-0.1, -0.05) is 30.2 Å². The Hall–Kier alpha value is -0.770. The molecule has 3 nitrogen and oxygen atoms in total. The number of carbonyl (C=O) groups excluding carboxylic acids is 1. The van der Waals surface area contributed by atoms with Crippen molar-refractivity contribution in [3.05, 3.63) is 34.9 Å². The van der Waals surface area contributed by atoms with E-state index in [1.54, 1.807) is 0 Å². The molecule has 1 aromatic rings. The first-order valence-electron chi connectivity index (χ1n) is 7.96. The zero-order valence-electron chi connectivity index (χ0n) is 12.7. The minimum atomic E-state index is 0. The summed E-state index contributed by atoms with van der Waals surface area (Å²) in [5.74, 6) is 0.418. The van der Waals surface area contributed by atoms with E-state index < -0.39 is 0 Å². The third kappa shape index (κ3) is 3.76. The lowest BCUT2D eigenvalue weighted by molar-refractivity contribution is -0.137. The Bertz CT molecular complexity index is 523. The largest absolute Gasteiger partial charge is 0.335 e. The lowest BCUT2D eigenvalue weighted by Gasteiger charge is -2.32. The monoisotopic (exact) mass is 342 g/mol. The van der Waals surface area contributed by atoms with Gasteiger partial charge in [0, 0.05) is 23.5 Å². The van der Waals surface area contributed by atoms with Crippen molar-refractivity contribution in [2.75, 3.05) is 6.54 Å². The Morgan fingerprint density at radius 2 is 2.05 bits per heavy atom. The summed E-state index contributed by atoms with van der Waals surface area (Å²) in [7, 11) is 0. The van der Waals surface area contributed by atoms with Crippen molar-refractivity contribution in [1.82, 2.24) is 4.90 Å². The highest BCUT2D eigenvalue weighted by Crippen LogP contribution is 2.36. The van der Waals surface area contributed by atoms with Crippen LogP contribution < -0.4 is 5.73 Å². The molecule has 2 aliphatic rings. The minimum Gasteiger partial charge on any atom is -0.335 e. The van der Waals surface area contributed by atoms with Crippen LogP contribution in [0.25, 0.3) is 0 Å². The average molecular weight is 343 g/mol. The normalized spacial score (nSPS) is 28.3.